The first-order valence-electron chi connectivity index (χ1n) is 4.48. The van der Waals surface area contributed by atoms with Gasteiger partial charge >= 0.3 is 0 Å². The van der Waals surface area contributed by atoms with Crippen LogP contribution in [0.4, 0.5) is 5.13 Å². The number of aryl methyl sites for hydroxylation is 1. The molecule has 1 unspecified atom stereocenters. The summed E-state index contributed by atoms with van der Waals surface area (Å²) in [6.45, 7) is 2.14. The molecule has 1 aromatic heterocycles. The molecule has 3 N–H and O–H groups in total. The second-order valence-corrected chi connectivity index (χ2v) is 4.15. The Hall–Kier alpha value is -1.05. The molecule has 0 saturated carbocycles. The average molecular weight is 230 g/mol. The summed E-state index contributed by atoms with van der Waals surface area (Å²) in [4.78, 5) is 11.4. The van der Waals surface area contributed by atoms with Gasteiger partial charge in [-0.15, -0.1) is 10.2 Å². The molecule has 0 aliphatic rings. The third-order valence-corrected chi connectivity index (χ3v) is 2.54. The molecule has 0 spiro atoms. The maximum absolute atomic E-state index is 11.4. The van der Waals surface area contributed by atoms with Crippen LogP contribution in [0.2, 0.25) is 0 Å². The molecular weight excluding hydrogens is 216 g/mol. The summed E-state index contributed by atoms with van der Waals surface area (Å²) < 4.78 is 4.99. The zero-order chi connectivity index (χ0) is 11.3. The number of anilines is 1. The number of carbonyl (C=O) groups is 1. The van der Waals surface area contributed by atoms with E-state index in [2.05, 4.69) is 15.5 Å². The Morgan fingerprint density at radius 3 is 2.87 bits per heavy atom. The lowest BCUT2D eigenvalue weighted by Gasteiger charge is -2.11. The molecular formula is C8H14N4O2S. The lowest BCUT2D eigenvalue weighted by Crippen LogP contribution is -2.28. The number of methoxy groups -OCH3 is 1. The van der Waals surface area contributed by atoms with Crippen molar-refractivity contribution in [3.63, 3.8) is 0 Å². The van der Waals surface area contributed by atoms with Gasteiger partial charge in [-0.25, -0.2) is 0 Å². The van der Waals surface area contributed by atoms with Gasteiger partial charge in [-0.3, -0.25) is 4.79 Å². The van der Waals surface area contributed by atoms with Crippen molar-refractivity contribution in [3.05, 3.63) is 5.01 Å². The fourth-order valence-corrected chi connectivity index (χ4v) is 1.60. The summed E-state index contributed by atoms with van der Waals surface area (Å²) >= 11 is 1.33. The van der Waals surface area contributed by atoms with E-state index >= 15 is 0 Å². The summed E-state index contributed by atoms with van der Waals surface area (Å²) in [6.07, 6.45) is -0.0231. The van der Waals surface area contributed by atoms with E-state index in [0.29, 0.717) is 11.7 Å². The molecule has 84 valence electrons. The fraction of sp³-hybridized carbons (Fsp3) is 0.625. The molecule has 1 aromatic rings. The maximum Gasteiger partial charge on any atom is 0.228 e. The zero-order valence-electron chi connectivity index (χ0n) is 8.69. The monoisotopic (exact) mass is 230 g/mol. The van der Waals surface area contributed by atoms with Crippen molar-refractivity contribution in [2.45, 2.75) is 19.4 Å². The third kappa shape index (κ3) is 3.90. The molecule has 0 fully saturated rings. The van der Waals surface area contributed by atoms with Crippen LogP contribution < -0.4 is 11.1 Å². The van der Waals surface area contributed by atoms with E-state index in [1.54, 1.807) is 0 Å². The van der Waals surface area contributed by atoms with E-state index < -0.39 is 0 Å². The number of nitrogens with zero attached hydrogens (tertiary/aromatic N) is 2. The number of hydrogen-bond acceptors (Lipinski definition) is 6. The van der Waals surface area contributed by atoms with Gasteiger partial charge in [0, 0.05) is 13.7 Å². The molecule has 1 rings (SSSR count). The van der Waals surface area contributed by atoms with Crippen LogP contribution in [-0.4, -0.2) is 35.9 Å². The lowest BCUT2D eigenvalue weighted by atomic mass is 10.2. The van der Waals surface area contributed by atoms with Crippen molar-refractivity contribution >= 4 is 22.4 Å². The highest BCUT2D eigenvalue weighted by atomic mass is 32.1. The van der Waals surface area contributed by atoms with Gasteiger partial charge in [-0.05, 0) is 6.92 Å². The quantitative estimate of drug-likeness (QED) is 0.751. The summed E-state index contributed by atoms with van der Waals surface area (Å²) in [7, 11) is 1.53. The highest BCUT2D eigenvalue weighted by Gasteiger charge is 2.12. The molecule has 0 aliphatic carbocycles. The first-order chi connectivity index (χ1) is 7.15. The first kappa shape index (κ1) is 12.0. The minimum Gasteiger partial charge on any atom is -0.380 e. The van der Waals surface area contributed by atoms with Gasteiger partial charge in [0.2, 0.25) is 11.0 Å². The van der Waals surface area contributed by atoms with E-state index in [-0.39, 0.29) is 18.4 Å². The molecule has 0 saturated heterocycles. The number of amides is 1. The normalized spacial score (nSPS) is 12.5. The predicted molar refractivity (Wildman–Crippen MR) is 57.7 cm³/mol. The summed E-state index contributed by atoms with van der Waals surface area (Å²) in [5.74, 6) is -0.163. The molecule has 15 heavy (non-hydrogen) atoms. The Bertz CT molecular complexity index is 324. The van der Waals surface area contributed by atoms with E-state index in [1.165, 1.54) is 18.4 Å². The number of carbonyl (C=O) groups excluding carboxylic acids is 1. The lowest BCUT2D eigenvalue weighted by molar-refractivity contribution is -0.118. The minimum absolute atomic E-state index is 0.163. The number of hydrogen-bond donors (Lipinski definition) is 2. The topological polar surface area (TPSA) is 90.1 Å². The van der Waals surface area contributed by atoms with Gasteiger partial charge in [0.15, 0.2) is 0 Å². The van der Waals surface area contributed by atoms with Crippen molar-refractivity contribution < 1.29 is 9.53 Å². The first-order valence-corrected chi connectivity index (χ1v) is 5.30. The van der Waals surface area contributed by atoms with Crippen LogP contribution in [0.3, 0.4) is 0 Å². The smallest absolute Gasteiger partial charge is 0.228 e. The number of nitrogens with one attached hydrogen (secondary N) is 1. The summed E-state index contributed by atoms with van der Waals surface area (Å²) in [5.41, 5.74) is 5.40. The van der Waals surface area contributed by atoms with E-state index in [1.807, 2.05) is 6.92 Å². The Morgan fingerprint density at radius 1 is 1.67 bits per heavy atom. The maximum atomic E-state index is 11.4. The standard InChI is InChI=1S/C8H14N4O2S/c1-5-11-12-8(15-5)10-7(13)3-6(4-9)14-2/h6H,3-4,9H2,1-2H3,(H,10,12,13). The molecule has 1 amide bonds. The van der Waals surface area contributed by atoms with Crippen LogP contribution in [0, 0.1) is 6.92 Å². The van der Waals surface area contributed by atoms with E-state index in [0.717, 1.165) is 5.01 Å². The number of rotatable bonds is 5. The Labute approximate surface area is 91.8 Å². The van der Waals surface area contributed by atoms with Crippen LogP contribution in [0.25, 0.3) is 0 Å². The Balaban J connectivity index is 2.42. The van der Waals surface area contributed by atoms with Crippen molar-refractivity contribution in [1.82, 2.24) is 10.2 Å². The molecule has 0 radical (unpaired) electrons. The van der Waals surface area contributed by atoms with Crippen LogP contribution in [0.15, 0.2) is 0 Å². The summed E-state index contributed by atoms with van der Waals surface area (Å²) in [5, 5.41) is 11.5. The SMILES string of the molecule is COC(CN)CC(=O)Nc1nnc(C)s1. The van der Waals surface area contributed by atoms with Crippen LogP contribution in [-0.2, 0) is 9.53 Å². The van der Waals surface area contributed by atoms with Gasteiger partial charge < -0.3 is 15.8 Å². The number of ether oxygens (including phenoxy) is 1. The van der Waals surface area contributed by atoms with Crippen LogP contribution in [0.5, 0.6) is 0 Å². The second-order valence-electron chi connectivity index (χ2n) is 2.97. The molecule has 0 aliphatic heterocycles. The largest absolute Gasteiger partial charge is 0.380 e. The van der Waals surface area contributed by atoms with Crippen LogP contribution in [0.1, 0.15) is 11.4 Å². The van der Waals surface area contributed by atoms with E-state index in [4.69, 9.17) is 10.5 Å². The van der Waals surface area contributed by atoms with Gasteiger partial charge in [0.1, 0.15) is 5.01 Å². The van der Waals surface area contributed by atoms with Gasteiger partial charge in [-0.2, -0.15) is 0 Å². The number of nitrogens with two attached hydrogens (primary N) is 1. The molecule has 0 bridgehead atoms. The molecule has 7 heteroatoms. The van der Waals surface area contributed by atoms with E-state index in [9.17, 15) is 4.79 Å². The van der Waals surface area contributed by atoms with Crippen molar-refractivity contribution in [3.8, 4) is 0 Å². The van der Waals surface area contributed by atoms with Gasteiger partial charge in [-0.1, -0.05) is 11.3 Å². The van der Waals surface area contributed by atoms with Crippen molar-refractivity contribution in [1.29, 1.82) is 0 Å². The van der Waals surface area contributed by atoms with Crippen molar-refractivity contribution in [2.75, 3.05) is 19.0 Å². The Morgan fingerprint density at radius 2 is 2.40 bits per heavy atom. The van der Waals surface area contributed by atoms with Gasteiger partial charge in [0.25, 0.3) is 0 Å². The van der Waals surface area contributed by atoms with Crippen LogP contribution >= 0.6 is 11.3 Å². The highest BCUT2D eigenvalue weighted by Crippen LogP contribution is 2.14. The molecule has 1 heterocycles. The minimum atomic E-state index is -0.251. The number of aromatic nitrogens is 2. The molecule has 0 aromatic carbocycles. The third-order valence-electron chi connectivity index (χ3n) is 1.78. The second kappa shape index (κ2) is 5.74. The molecule has 1 atom stereocenters. The predicted octanol–water partition coefficient (Wildman–Crippen LogP) is 0.149. The highest BCUT2D eigenvalue weighted by molar-refractivity contribution is 7.15. The summed E-state index contributed by atoms with van der Waals surface area (Å²) in [6, 6.07) is 0. The fourth-order valence-electron chi connectivity index (χ4n) is 0.987. The zero-order valence-corrected chi connectivity index (χ0v) is 9.50. The van der Waals surface area contributed by atoms with Gasteiger partial charge in [0.05, 0.1) is 12.5 Å². The van der Waals surface area contributed by atoms with Crippen molar-refractivity contribution in [2.24, 2.45) is 5.73 Å². The average Bonchev–Trinajstić information content (AvgIpc) is 2.60. The molecule has 6 nitrogen and oxygen atoms in total. The Kier molecular flexibility index (Phi) is 4.60.